The summed E-state index contributed by atoms with van der Waals surface area (Å²) in [6.45, 7) is 1.19. The number of hydrogen-bond donors (Lipinski definition) is 8. The van der Waals surface area contributed by atoms with Gasteiger partial charge >= 0.3 is 5.97 Å². The van der Waals surface area contributed by atoms with Crippen LogP contribution in [0.5, 0.6) is 0 Å². The first-order valence-electron chi connectivity index (χ1n) is 10.3. The number of nitrogens with one attached hydrogen (secondary N) is 4. The number of amides is 4. The van der Waals surface area contributed by atoms with Gasteiger partial charge in [-0.15, -0.1) is 0 Å². The van der Waals surface area contributed by atoms with E-state index >= 15 is 0 Å². The molecule has 34 heavy (non-hydrogen) atoms. The van der Waals surface area contributed by atoms with Crippen LogP contribution < -0.4 is 27.4 Å². The molecule has 1 aromatic rings. The Hall–Kier alpha value is -3.17. The molecule has 0 aliphatic rings. The molecule has 0 aromatic carbocycles. The summed E-state index contributed by atoms with van der Waals surface area (Å²) in [7, 11) is 0. The molecule has 1 rings (SSSR count). The Morgan fingerprint density at radius 2 is 1.74 bits per heavy atom. The molecular formula is C19H31N7O7S. The molecule has 0 aliphatic heterocycles. The van der Waals surface area contributed by atoms with Crippen LogP contribution in [0, 0.1) is 0 Å². The van der Waals surface area contributed by atoms with Crippen LogP contribution in [0.25, 0.3) is 0 Å². The summed E-state index contributed by atoms with van der Waals surface area (Å²) in [6.07, 6.45) is 2.91. The highest BCUT2D eigenvalue weighted by Crippen LogP contribution is 2.05. The number of hydrogen-bond acceptors (Lipinski definition) is 9. The number of aliphatic hydroxyl groups is 1. The molecule has 1 aromatic heterocycles. The lowest BCUT2D eigenvalue weighted by Gasteiger charge is -2.25. The van der Waals surface area contributed by atoms with Crippen molar-refractivity contribution in [2.75, 3.05) is 12.0 Å². The number of H-pyrrole nitrogens is 1. The standard InChI is InChI=1S/C19H31N7O7S/c1-9(27)15(19(32)33)26-17(30)12(3-4-34-2)24-18(31)13(6-14(21)28)25-16(29)11(20)5-10-7-22-8-23-10/h7-9,11-13,15,27H,3-6,20H2,1-2H3,(H2,21,28)(H,22,23)(H,24,31)(H,25,29)(H,26,30)(H,32,33). The van der Waals surface area contributed by atoms with E-state index in [4.69, 9.17) is 11.5 Å². The van der Waals surface area contributed by atoms with Crippen molar-refractivity contribution in [2.24, 2.45) is 11.5 Å². The van der Waals surface area contributed by atoms with E-state index in [9.17, 15) is 34.2 Å². The molecule has 0 saturated carbocycles. The van der Waals surface area contributed by atoms with Crippen LogP contribution in [0.3, 0.4) is 0 Å². The minimum atomic E-state index is -1.59. The number of nitrogens with zero attached hydrogens (tertiary/aromatic N) is 1. The van der Waals surface area contributed by atoms with Crippen LogP contribution >= 0.6 is 11.8 Å². The number of aliphatic carboxylic acids is 1. The van der Waals surface area contributed by atoms with Gasteiger partial charge in [0.15, 0.2) is 6.04 Å². The molecule has 14 nitrogen and oxygen atoms in total. The summed E-state index contributed by atoms with van der Waals surface area (Å²) < 4.78 is 0. The molecular weight excluding hydrogens is 470 g/mol. The molecule has 0 spiro atoms. The lowest BCUT2D eigenvalue weighted by Crippen LogP contribution is -2.59. The van der Waals surface area contributed by atoms with Gasteiger partial charge in [-0.1, -0.05) is 0 Å². The number of aromatic amines is 1. The second kappa shape index (κ2) is 14.2. The number of aliphatic hydroxyl groups excluding tert-OH is 1. The Morgan fingerprint density at radius 3 is 2.24 bits per heavy atom. The van der Waals surface area contributed by atoms with Gasteiger partial charge in [0.25, 0.3) is 0 Å². The summed E-state index contributed by atoms with van der Waals surface area (Å²) in [4.78, 5) is 67.3. The van der Waals surface area contributed by atoms with Gasteiger partial charge in [-0.05, 0) is 25.4 Å². The molecule has 10 N–H and O–H groups in total. The number of thioether (sulfide) groups is 1. The Kier molecular flexibility index (Phi) is 12.0. The van der Waals surface area contributed by atoms with Crippen molar-refractivity contribution in [2.45, 2.75) is 56.5 Å². The van der Waals surface area contributed by atoms with Crippen LogP contribution in [0.15, 0.2) is 12.5 Å². The molecule has 1 heterocycles. The summed E-state index contributed by atoms with van der Waals surface area (Å²) in [6, 6.07) is -5.29. The zero-order valence-electron chi connectivity index (χ0n) is 18.8. The summed E-state index contributed by atoms with van der Waals surface area (Å²) >= 11 is 1.38. The molecule has 0 bridgehead atoms. The highest BCUT2D eigenvalue weighted by Gasteiger charge is 2.32. The number of nitrogens with two attached hydrogens (primary N) is 2. The van der Waals surface area contributed by atoms with E-state index in [-0.39, 0.29) is 12.8 Å². The number of carboxylic acids is 1. The largest absolute Gasteiger partial charge is 0.480 e. The molecule has 0 aliphatic carbocycles. The van der Waals surface area contributed by atoms with E-state index in [1.54, 1.807) is 6.26 Å². The SMILES string of the molecule is CSCCC(NC(=O)C(CC(N)=O)NC(=O)C(N)Cc1cnc[nH]1)C(=O)NC(C(=O)O)C(C)O. The second-order valence-electron chi connectivity index (χ2n) is 7.53. The normalized spacial score (nSPS) is 15.3. The smallest absolute Gasteiger partial charge is 0.328 e. The third kappa shape index (κ3) is 9.76. The van der Waals surface area contributed by atoms with E-state index in [1.165, 1.54) is 31.2 Å². The van der Waals surface area contributed by atoms with Crippen molar-refractivity contribution in [1.29, 1.82) is 0 Å². The van der Waals surface area contributed by atoms with Gasteiger partial charge in [-0.2, -0.15) is 11.8 Å². The summed E-state index contributed by atoms with van der Waals surface area (Å²) in [5, 5.41) is 25.7. The predicted molar refractivity (Wildman–Crippen MR) is 122 cm³/mol. The zero-order valence-corrected chi connectivity index (χ0v) is 19.6. The minimum Gasteiger partial charge on any atom is -0.480 e. The van der Waals surface area contributed by atoms with Crippen LogP contribution in [-0.2, 0) is 30.4 Å². The first kappa shape index (κ1) is 28.9. The highest BCUT2D eigenvalue weighted by molar-refractivity contribution is 7.98. The quantitative estimate of drug-likeness (QED) is 0.120. The molecule has 4 amide bonds. The molecule has 0 saturated heterocycles. The van der Waals surface area contributed by atoms with Crippen molar-refractivity contribution in [1.82, 2.24) is 25.9 Å². The number of aromatic nitrogens is 2. The highest BCUT2D eigenvalue weighted by atomic mass is 32.2. The maximum atomic E-state index is 12.8. The van der Waals surface area contributed by atoms with Crippen LogP contribution in [0.2, 0.25) is 0 Å². The Bertz CT molecular complexity index is 850. The fourth-order valence-electron chi connectivity index (χ4n) is 2.83. The third-order valence-corrected chi connectivity index (χ3v) is 5.30. The number of imidazole rings is 1. The van der Waals surface area contributed by atoms with Crippen molar-refractivity contribution in [3.8, 4) is 0 Å². The van der Waals surface area contributed by atoms with Gasteiger partial charge in [0.05, 0.1) is 24.9 Å². The van der Waals surface area contributed by atoms with E-state index in [1.807, 2.05) is 0 Å². The Labute approximate surface area is 200 Å². The first-order chi connectivity index (χ1) is 16.0. The predicted octanol–water partition coefficient (Wildman–Crippen LogP) is -3.17. The minimum absolute atomic E-state index is 0.0887. The maximum absolute atomic E-state index is 12.8. The fraction of sp³-hybridized carbons (Fsp3) is 0.579. The summed E-state index contributed by atoms with van der Waals surface area (Å²) in [5.41, 5.74) is 11.6. The second-order valence-corrected chi connectivity index (χ2v) is 8.51. The third-order valence-electron chi connectivity index (χ3n) is 4.66. The van der Waals surface area contributed by atoms with Crippen LogP contribution in [0.1, 0.15) is 25.5 Å². The van der Waals surface area contributed by atoms with Gasteiger partial charge in [0, 0.05) is 18.3 Å². The van der Waals surface area contributed by atoms with Gasteiger partial charge in [0.2, 0.25) is 23.6 Å². The van der Waals surface area contributed by atoms with Crippen molar-refractivity contribution >= 4 is 41.4 Å². The summed E-state index contributed by atoms with van der Waals surface area (Å²) in [5.74, 6) is -4.38. The van der Waals surface area contributed by atoms with Gasteiger partial charge < -0.3 is 42.6 Å². The molecule has 15 heteroatoms. The number of carbonyl (C=O) groups is 5. The molecule has 190 valence electrons. The molecule has 5 unspecified atom stereocenters. The van der Waals surface area contributed by atoms with Crippen LogP contribution in [-0.4, -0.2) is 92.1 Å². The average molecular weight is 502 g/mol. The number of carboxylic acid groups (broad SMARTS) is 1. The van der Waals surface area contributed by atoms with E-state index < -0.39 is 66.3 Å². The monoisotopic (exact) mass is 501 g/mol. The van der Waals surface area contributed by atoms with Gasteiger partial charge in [-0.3, -0.25) is 19.2 Å². The van der Waals surface area contributed by atoms with Crippen molar-refractivity contribution in [3.05, 3.63) is 18.2 Å². The van der Waals surface area contributed by atoms with E-state index in [0.29, 0.717) is 11.4 Å². The average Bonchev–Trinajstić information content (AvgIpc) is 3.26. The fourth-order valence-corrected chi connectivity index (χ4v) is 3.31. The molecule has 0 fully saturated rings. The molecule has 0 radical (unpaired) electrons. The van der Waals surface area contributed by atoms with Crippen molar-refractivity contribution in [3.63, 3.8) is 0 Å². The lowest BCUT2D eigenvalue weighted by molar-refractivity contribution is -0.145. The Balaban J connectivity index is 2.93. The van der Waals surface area contributed by atoms with Gasteiger partial charge in [-0.25, -0.2) is 9.78 Å². The molecule has 5 atom stereocenters. The van der Waals surface area contributed by atoms with Crippen LogP contribution in [0.4, 0.5) is 0 Å². The number of rotatable bonds is 15. The number of carbonyl (C=O) groups excluding carboxylic acids is 4. The van der Waals surface area contributed by atoms with E-state index in [0.717, 1.165) is 0 Å². The maximum Gasteiger partial charge on any atom is 0.328 e. The van der Waals surface area contributed by atoms with E-state index in [2.05, 4.69) is 25.9 Å². The number of primary amides is 1. The topological polar surface area (TPSA) is 243 Å². The lowest BCUT2D eigenvalue weighted by atomic mass is 10.1. The Morgan fingerprint density at radius 1 is 1.12 bits per heavy atom. The zero-order chi connectivity index (χ0) is 25.8. The van der Waals surface area contributed by atoms with Crippen molar-refractivity contribution < 1.29 is 34.2 Å². The first-order valence-corrected chi connectivity index (χ1v) is 11.7. The van der Waals surface area contributed by atoms with Gasteiger partial charge in [0.1, 0.15) is 12.1 Å².